The quantitative estimate of drug-likeness (QED) is 0.600. The number of halogens is 1. The van der Waals surface area contributed by atoms with E-state index >= 15 is 0 Å². The van der Waals surface area contributed by atoms with E-state index in [2.05, 4.69) is 11.9 Å². The molecule has 0 bridgehead atoms. The lowest BCUT2D eigenvalue weighted by Crippen LogP contribution is -2.25. The zero-order chi connectivity index (χ0) is 13.7. The largest absolute Gasteiger partial charge is 0.296 e. The van der Waals surface area contributed by atoms with Gasteiger partial charge in [0, 0.05) is 18.8 Å². The zero-order valence-corrected chi connectivity index (χ0v) is 12.0. The van der Waals surface area contributed by atoms with Gasteiger partial charge in [-0.1, -0.05) is 19.1 Å². The third-order valence-electron chi connectivity index (χ3n) is 3.18. The van der Waals surface area contributed by atoms with Crippen molar-refractivity contribution in [3.63, 3.8) is 0 Å². The molecule has 0 aliphatic rings. The first-order valence-electron chi connectivity index (χ1n) is 6.82. The highest BCUT2D eigenvalue weighted by molar-refractivity contribution is 6.17. The number of aromatic nitrogens is 2. The number of hydrogen-bond acceptors (Lipinski definition) is 2. The Morgan fingerprint density at radius 3 is 2.79 bits per heavy atom. The Kier molecular flexibility index (Phi) is 4.97. The Hall–Kier alpha value is -1.35. The van der Waals surface area contributed by atoms with E-state index in [1.54, 1.807) is 0 Å². The number of aryl methyl sites for hydroxylation is 1. The number of para-hydroxylation sites is 1. The number of alkyl halides is 1. The van der Waals surface area contributed by atoms with E-state index < -0.39 is 0 Å². The normalized spacial score (nSPS) is 11.1. The molecule has 0 aliphatic heterocycles. The van der Waals surface area contributed by atoms with E-state index in [0.717, 1.165) is 37.0 Å². The minimum Gasteiger partial charge on any atom is -0.296 e. The van der Waals surface area contributed by atoms with E-state index in [0.29, 0.717) is 17.8 Å². The molecule has 0 unspecified atom stereocenters. The summed E-state index contributed by atoms with van der Waals surface area (Å²) in [6, 6.07) is 7.55. The summed E-state index contributed by atoms with van der Waals surface area (Å²) in [7, 11) is 0. The summed E-state index contributed by atoms with van der Waals surface area (Å²) in [5, 5.41) is 0.702. The van der Waals surface area contributed by atoms with Gasteiger partial charge in [-0.3, -0.25) is 9.36 Å². The van der Waals surface area contributed by atoms with Crippen molar-refractivity contribution in [2.24, 2.45) is 0 Å². The fraction of sp³-hybridized carbons (Fsp3) is 0.467. The van der Waals surface area contributed by atoms with E-state index in [4.69, 9.17) is 11.6 Å². The van der Waals surface area contributed by atoms with Gasteiger partial charge < -0.3 is 0 Å². The molecule has 0 fully saturated rings. The Bertz CT molecular complexity index is 607. The summed E-state index contributed by atoms with van der Waals surface area (Å²) in [6.07, 6.45) is 3.66. The van der Waals surface area contributed by atoms with Gasteiger partial charge in [-0.2, -0.15) is 0 Å². The zero-order valence-electron chi connectivity index (χ0n) is 11.2. The maximum absolute atomic E-state index is 12.5. The number of fused-ring (bicyclic) bond motifs is 1. The summed E-state index contributed by atoms with van der Waals surface area (Å²) < 4.78 is 1.82. The molecule has 1 aromatic carbocycles. The average molecular weight is 279 g/mol. The Labute approximate surface area is 118 Å². The van der Waals surface area contributed by atoms with Gasteiger partial charge in [0.05, 0.1) is 10.9 Å². The second-order valence-electron chi connectivity index (χ2n) is 4.65. The lowest BCUT2D eigenvalue weighted by atomic mass is 10.2. The fourth-order valence-electron chi connectivity index (χ4n) is 2.22. The molecule has 0 spiro atoms. The molecular weight excluding hydrogens is 260 g/mol. The van der Waals surface area contributed by atoms with E-state index in [9.17, 15) is 4.79 Å². The minimum atomic E-state index is 0.0728. The summed E-state index contributed by atoms with van der Waals surface area (Å²) in [5.41, 5.74) is 0.869. The van der Waals surface area contributed by atoms with Crippen LogP contribution >= 0.6 is 11.6 Å². The Morgan fingerprint density at radius 2 is 2.05 bits per heavy atom. The first-order chi connectivity index (χ1) is 9.27. The van der Waals surface area contributed by atoms with Crippen LogP contribution in [-0.2, 0) is 13.0 Å². The first-order valence-corrected chi connectivity index (χ1v) is 7.35. The summed E-state index contributed by atoms with van der Waals surface area (Å²) in [6.45, 7) is 2.81. The van der Waals surface area contributed by atoms with E-state index in [1.165, 1.54) is 0 Å². The van der Waals surface area contributed by atoms with Crippen LogP contribution in [0.5, 0.6) is 0 Å². The topological polar surface area (TPSA) is 34.9 Å². The molecule has 1 aromatic heterocycles. The lowest BCUT2D eigenvalue weighted by Gasteiger charge is -2.12. The van der Waals surface area contributed by atoms with Crippen LogP contribution in [0.2, 0.25) is 0 Å². The highest BCUT2D eigenvalue weighted by Crippen LogP contribution is 2.10. The molecule has 0 atom stereocenters. The van der Waals surface area contributed by atoms with Gasteiger partial charge in [0.1, 0.15) is 5.82 Å². The molecule has 2 rings (SSSR count). The number of nitrogens with zero attached hydrogens (tertiary/aromatic N) is 2. The number of benzene rings is 1. The molecular formula is C15H19ClN2O. The molecule has 0 radical (unpaired) electrons. The molecule has 0 saturated heterocycles. The van der Waals surface area contributed by atoms with Crippen LogP contribution in [0.4, 0.5) is 0 Å². The number of hydrogen-bond donors (Lipinski definition) is 0. The van der Waals surface area contributed by atoms with Gasteiger partial charge in [0.2, 0.25) is 0 Å². The molecule has 0 N–H and O–H groups in total. The third-order valence-corrected chi connectivity index (χ3v) is 3.45. The van der Waals surface area contributed by atoms with Gasteiger partial charge in [-0.05, 0) is 31.4 Å². The average Bonchev–Trinajstić information content (AvgIpc) is 2.43. The van der Waals surface area contributed by atoms with Crippen molar-refractivity contribution in [2.75, 3.05) is 5.88 Å². The van der Waals surface area contributed by atoms with Crippen LogP contribution in [0.1, 0.15) is 32.0 Å². The number of rotatable bonds is 6. The predicted molar refractivity (Wildman–Crippen MR) is 80.0 cm³/mol. The summed E-state index contributed by atoms with van der Waals surface area (Å²) >= 11 is 5.70. The van der Waals surface area contributed by atoms with Gasteiger partial charge in [0.15, 0.2) is 0 Å². The SMILES string of the molecule is CCCc1nc2ccccc2c(=O)n1CCCCCl. The van der Waals surface area contributed by atoms with Crippen LogP contribution in [0, 0.1) is 0 Å². The second kappa shape index (κ2) is 6.71. The second-order valence-corrected chi connectivity index (χ2v) is 5.03. The van der Waals surface area contributed by atoms with E-state index in [-0.39, 0.29) is 5.56 Å². The summed E-state index contributed by atoms with van der Waals surface area (Å²) in [5.74, 6) is 1.53. The molecule has 0 saturated carbocycles. The van der Waals surface area contributed by atoms with Gasteiger partial charge in [-0.25, -0.2) is 4.98 Å². The van der Waals surface area contributed by atoms with Crippen molar-refractivity contribution < 1.29 is 0 Å². The van der Waals surface area contributed by atoms with Crippen LogP contribution in [0.3, 0.4) is 0 Å². The van der Waals surface area contributed by atoms with E-state index in [1.807, 2.05) is 28.8 Å². The highest BCUT2D eigenvalue weighted by atomic mass is 35.5. The Morgan fingerprint density at radius 1 is 1.26 bits per heavy atom. The monoisotopic (exact) mass is 278 g/mol. The van der Waals surface area contributed by atoms with Crippen LogP contribution in [0.15, 0.2) is 29.1 Å². The first kappa shape index (κ1) is 14.1. The van der Waals surface area contributed by atoms with Crippen molar-refractivity contribution in [3.05, 3.63) is 40.4 Å². The highest BCUT2D eigenvalue weighted by Gasteiger charge is 2.09. The van der Waals surface area contributed by atoms with Gasteiger partial charge in [0.25, 0.3) is 5.56 Å². The standard InChI is InChI=1S/C15H19ClN2O/c1-2-7-14-17-13-9-4-3-8-12(13)15(19)18(14)11-6-5-10-16/h3-4,8-9H,2,5-7,10-11H2,1H3. The molecule has 19 heavy (non-hydrogen) atoms. The van der Waals surface area contributed by atoms with Crippen molar-refractivity contribution in [1.29, 1.82) is 0 Å². The molecule has 4 heteroatoms. The van der Waals surface area contributed by atoms with Crippen molar-refractivity contribution in [2.45, 2.75) is 39.2 Å². The van der Waals surface area contributed by atoms with Gasteiger partial charge in [-0.15, -0.1) is 11.6 Å². The Balaban J connectivity index is 2.48. The van der Waals surface area contributed by atoms with Crippen molar-refractivity contribution >= 4 is 22.5 Å². The molecule has 102 valence electrons. The van der Waals surface area contributed by atoms with Gasteiger partial charge >= 0.3 is 0 Å². The molecule has 3 nitrogen and oxygen atoms in total. The number of unbranched alkanes of at least 4 members (excludes halogenated alkanes) is 1. The van der Waals surface area contributed by atoms with Crippen molar-refractivity contribution in [3.8, 4) is 0 Å². The van der Waals surface area contributed by atoms with Crippen LogP contribution in [0.25, 0.3) is 10.9 Å². The van der Waals surface area contributed by atoms with Crippen molar-refractivity contribution in [1.82, 2.24) is 9.55 Å². The molecule has 2 aromatic rings. The summed E-state index contributed by atoms with van der Waals surface area (Å²) in [4.78, 5) is 17.1. The maximum atomic E-state index is 12.5. The fourth-order valence-corrected chi connectivity index (χ4v) is 2.41. The van der Waals surface area contributed by atoms with Crippen LogP contribution in [-0.4, -0.2) is 15.4 Å². The minimum absolute atomic E-state index is 0.0728. The lowest BCUT2D eigenvalue weighted by molar-refractivity contribution is 0.573. The molecule has 0 aliphatic carbocycles. The molecule has 1 heterocycles. The predicted octanol–water partition coefficient (Wildman–Crippen LogP) is 3.37. The maximum Gasteiger partial charge on any atom is 0.261 e. The third kappa shape index (κ3) is 3.16. The van der Waals surface area contributed by atoms with Crippen LogP contribution < -0.4 is 5.56 Å². The smallest absolute Gasteiger partial charge is 0.261 e. The molecule has 0 amide bonds.